The van der Waals surface area contributed by atoms with Gasteiger partial charge < -0.3 is 9.64 Å². The number of amides is 1. The van der Waals surface area contributed by atoms with Gasteiger partial charge in [-0.15, -0.1) is 0 Å². The third-order valence-electron chi connectivity index (χ3n) is 5.37. The van der Waals surface area contributed by atoms with Crippen molar-refractivity contribution in [3.63, 3.8) is 0 Å². The van der Waals surface area contributed by atoms with Crippen molar-refractivity contribution in [2.24, 2.45) is 5.41 Å². The molecule has 0 N–H and O–H groups in total. The molecule has 0 aliphatic carbocycles. The molecule has 0 aromatic heterocycles. The first-order valence-electron chi connectivity index (χ1n) is 8.22. The van der Waals surface area contributed by atoms with Crippen molar-refractivity contribution in [2.75, 3.05) is 33.3 Å². The summed E-state index contributed by atoms with van der Waals surface area (Å²) in [5.41, 5.74) is 1.69. The van der Waals surface area contributed by atoms with Crippen molar-refractivity contribution in [2.45, 2.75) is 32.7 Å². The van der Waals surface area contributed by atoms with Gasteiger partial charge in [0.15, 0.2) is 0 Å². The van der Waals surface area contributed by atoms with Crippen molar-refractivity contribution in [3.8, 4) is 5.75 Å². The molecule has 4 nitrogen and oxygen atoms in total. The summed E-state index contributed by atoms with van der Waals surface area (Å²) in [6.45, 7) is 6.80. The molecule has 0 unspecified atom stereocenters. The number of carbonyl (C=O) groups is 1. The van der Waals surface area contributed by atoms with Crippen LogP contribution in [0, 0.1) is 5.41 Å². The fourth-order valence-electron chi connectivity index (χ4n) is 3.94. The van der Waals surface area contributed by atoms with Crippen molar-refractivity contribution < 1.29 is 9.53 Å². The van der Waals surface area contributed by atoms with Crippen LogP contribution in [0.2, 0.25) is 0 Å². The van der Waals surface area contributed by atoms with Crippen LogP contribution in [-0.2, 0) is 11.3 Å². The van der Waals surface area contributed by atoms with Gasteiger partial charge in [-0.05, 0) is 37.3 Å². The maximum Gasteiger partial charge on any atom is 0.219 e. The molecule has 4 heteroatoms. The first-order valence-corrected chi connectivity index (χ1v) is 8.22. The molecule has 3 rings (SSSR count). The number of ether oxygens (including phenoxy) is 1. The number of methoxy groups -OCH3 is 1. The van der Waals surface area contributed by atoms with Crippen LogP contribution in [0.4, 0.5) is 0 Å². The van der Waals surface area contributed by atoms with E-state index in [1.807, 2.05) is 17.0 Å². The Bertz CT molecular complexity index is 536. The van der Waals surface area contributed by atoms with Crippen LogP contribution in [0.25, 0.3) is 0 Å². The Morgan fingerprint density at radius 3 is 2.55 bits per heavy atom. The van der Waals surface area contributed by atoms with Crippen LogP contribution in [0.3, 0.4) is 0 Å². The standard InChI is InChI=1S/C18H26N2O2/c1-15(21)20-11-8-18(9-12-20)7-10-19(14-18)13-16-5-3-4-6-17(16)22-2/h3-6H,7-14H2,1-2H3. The van der Waals surface area contributed by atoms with E-state index in [4.69, 9.17) is 4.74 Å². The Labute approximate surface area is 133 Å². The molecule has 1 aromatic carbocycles. The molecule has 0 bridgehead atoms. The normalized spacial score (nSPS) is 21.3. The first-order chi connectivity index (χ1) is 10.6. The molecule has 2 saturated heterocycles. The Kier molecular flexibility index (Phi) is 4.39. The van der Waals surface area contributed by atoms with E-state index in [1.165, 1.54) is 12.0 Å². The van der Waals surface area contributed by atoms with E-state index in [0.29, 0.717) is 5.41 Å². The van der Waals surface area contributed by atoms with E-state index < -0.39 is 0 Å². The maximum atomic E-state index is 11.5. The molecule has 1 spiro atoms. The zero-order chi connectivity index (χ0) is 15.6. The average molecular weight is 302 g/mol. The predicted octanol–water partition coefficient (Wildman–Crippen LogP) is 2.53. The summed E-state index contributed by atoms with van der Waals surface area (Å²) in [4.78, 5) is 16.0. The maximum absolute atomic E-state index is 11.5. The number of likely N-dealkylation sites (tertiary alicyclic amines) is 2. The van der Waals surface area contributed by atoms with E-state index in [-0.39, 0.29) is 5.91 Å². The lowest BCUT2D eigenvalue weighted by Crippen LogP contribution is -2.43. The van der Waals surface area contributed by atoms with Crippen LogP contribution in [0.15, 0.2) is 24.3 Å². The van der Waals surface area contributed by atoms with Crippen molar-refractivity contribution in [1.82, 2.24) is 9.80 Å². The fourth-order valence-corrected chi connectivity index (χ4v) is 3.94. The number of benzene rings is 1. The average Bonchev–Trinajstić information content (AvgIpc) is 2.91. The van der Waals surface area contributed by atoms with Gasteiger partial charge in [-0.1, -0.05) is 18.2 Å². The Morgan fingerprint density at radius 2 is 1.86 bits per heavy atom. The molecule has 1 amide bonds. The largest absolute Gasteiger partial charge is 0.496 e. The molecule has 22 heavy (non-hydrogen) atoms. The van der Waals surface area contributed by atoms with E-state index in [9.17, 15) is 4.79 Å². The van der Waals surface area contributed by atoms with Crippen LogP contribution >= 0.6 is 0 Å². The second-order valence-electron chi connectivity index (χ2n) is 6.78. The highest BCUT2D eigenvalue weighted by molar-refractivity contribution is 5.73. The number of nitrogens with zero attached hydrogens (tertiary/aromatic N) is 2. The van der Waals surface area contributed by atoms with Crippen molar-refractivity contribution in [1.29, 1.82) is 0 Å². The van der Waals surface area contributed by atoms with E-state index in [1.54, 1.807) is 14.0 Å². The van der Waals surface area contributed by atoms with Gasteiger partial charge in [0, 0.05) is 38.7 Å². The highest BCUT2D eigenvalue weighted by Gasteiger charge is 2.40. The molecule has 1 aromatic rings. The minimum absolute atomic E-state index is 0.221. The second-order valence-corrected chi connectivity index (χ2v) is 6.78. The molecule has 0 atom stereocenters. The molecule has 120 valence electrons. The van der Waals surface area contributed by atoms with Crippen LogP contribution in [0.1, 0.15) is 31.7 Å². The van der Waals surface area contributed by atoms with Crippen molar-refractivity contribution >= 4 is 5.91 Å². The third kappa shape index (κ3) is 3.12. The zero-order valence-electron chi connectivity index (χ0n) is 13.7. The first kappa shape index (κ1) is 15.3. The number of hydrogen-bond donors (Lipinski definition) is 0. The molecule has 2 aliphatic heterocycles. The van der Waals surface area contributed by atoms with Crippen molar-refractivity contribution in [3.05, 3.63) is 29.8 Å². The lowest BCUT2D eigenvalue weighted by Gasteiger charge is -2.39. The Balaban J connectivity index is 1.60. The predicted molar refractivity (Wildman–Crippen MR) is 86.8 cm³/mol. The highest BCUT2D eigenvalue weighted by Crippen LogP contribution is 2.41. The molecule has 2 heterocycles. The molecule has 0 radical (unpaired) electrons. The minimum Gasteiger partial charge on any atom is -0.496 e. The van der Waals surface area contributed by atoms with Crippen LogP contribution < -0.4 is 4.74 Å². The van der Waals surface area contributed by atoms with Gasteiger partial charge in [0.1, 0.15) is 5.75 Å². The molecular formula is C18H26N2O2. The lowest BCUT2D eigenvalue weighted by molar-refractivity contribution is -0.131. The third-order valence-corrected chi connectivity index (χ3v) is 5.37. The molecule has 2 fully saturated rings. The number of para-hydroxylation sites is 1. The monoisotopic (exact) mass is 302 g/mol. The van der Waals surface area contributed by atoms with Crippen LogP contribution in [0.5, 0.6) is 5.75 Å². The summed E-state index contributed by atoms with van der Waals surface area (Å²) in [5.74, 6) is 1.20. The van der Waals surface area contributed by atoms with Gasteiger partial charge in [-0.3, -0.25) is 9.69 Å². The Hall–Kier alpha value is -1.55. The summed E-state index contributed by atoms with van der Waals surface area (Å²) >= 11 is 0. The quantitative estimate of drug-likeness (QED) is 0.860. The number of carbonyl (C=O) groups excluding carboxylic acids is 1. The highest BCUT2D eigenvalue weighted by atomic mass is 16.5. The second kappa shape index (κ2) is 6.29. The summed E-state index contributed by atoms with van der Waals surface area (Å²) in [6.07, 6.45) is 3.55. The van der Waals surface area contributed by atoms with Gasteiger partial charge in [0.2, 0.25) is 5.91 Å². The smallest absolute Gasteiger partial charge is 0.219 e. The summed E-state index contributed by atoms with van der Waals surface area (Å²) < 4.78 is 5.46. The van der Waals surface area contributed by atoms with E-state index in [2.05, 4.69) is 17.0 Å². The molecular weight excluding hydrogens is 276 g/mol. The van der Waals surface area contributed by atoms with E-state index in [0.717, 1.165) is 51.3 Å². The zero-order valence-corrected chi connectivity index (χ0v) is 13.7. The van der Waals surface area contributed by atoms with Gasteiger partial charge >= 0.3 is 0 Å². The van der Waals surface area contributed by atoms with E-state index >= 15 is 0 Å². The number of rotatable bonds is 3. The van der Waals surface area contributed by atoms with Gasteiger partial charge in [0.25, 0.3) is 0 Å². The Morgan fingerprint density at radius 1 is 1.18 bits per heavy atom. The minimum atomic E-state index is 0.221. The number of piperidine rings is 1. The summed E-state index contributed by atoms with van der Waals surface area (Å²) in [5, 5.41) is 0. The van der Waals surface area contributed by atoms with Crippen LogP contribution in [-0.4, -0.2) is 49.0 Å². The lowest BCUT2D eigenvalue weighted by atomic mass is 9.78. The number of hydrogen-bond acceptors (Lipinski definition) is 3. The molecule has 0 saturated carbocycles. The summed E-state index contributed by atoms with van der Waals surface area (Å²) in [7, 11) is 1.74. The van der Waals surface area contributed by atoms with Gasteiger partial charge in [0.05, 0.1) is 7.11 Å². The van der Waals surface area contributed by atoms with Gasteiger partial charge in [-0.2, -0.15) is 0 Å². The molecule has 2 aliphatic rings. The summed E-state index contributed by atoms with van der Waals surface area (Å²) in [6, 6.07) is 8.29. The SMILES string of the molecule is COc1ccccc1CN1CCC2(CCN(C(C)=O)CC2)C1. The van der Waals surface area contributed by atoms with Gasteiger partial charge in [-0.25, -0.2) is 0 Å². The fraction of sp³-hybridized carbons (Fsp3) is 0.611. The topological polar surface area (TPSA) is 32.8 Å².